The Hall–Kier alpha value is -2.93. The van der Waals surface area contributed by atoms with Crippen LogP contribution in [-0.2, 0) is 0 Å². The van der Waals surface area contributed by atoms with E-state index in [4.69, 9.17) is 0 Å². The van der Waals surface area contributed by atoms with Crippen LogP contribution in [0.5, 0.6) is 0 Å². The molecule has 142 valence electrons. The van der Waals surface area contributed by atoms with Crippen molar-refractivity contribution in [3.63, 3.8) is 0 Å². The van der Waals surface area contributed by atoms with Crippen LogP contribution in [0.15, 0.2) is 40.6 Å². The van der Waals surface area contributed by atoms with E-state index in [1.165, 1.54) is 11.5 Å². The smallest absolute Gasteiger partial charge is 0.175 e. The second-order valence-corrected chi connectivity index (χ2v) is 7.31. The third-order valence-electron chi connectivity index (χ3n) is 4.81. The Labute approximate surface area is 166 Å². The van der Waals surface area contributed by atoms with Crippen LogP contribution in [0, 0.1) is 18.3 Å². The van der Waals surface area contributed by atoms with Gasteiger partial charge < -0.3 is 10.0 Å². The summed E-state index contributed by atoms with van der Waals surface area (Å²) < 4.78 is 4.29. The molecule has 0 spiro atoms. The highest BCUT2D eigenvalue weighted by Crippen LogP contribution is 2.32. The number of hydrogen-bond donors (Lipinski definition) is 1. The lowest BCUT2D eigenvalue weighted by atomic mass is 10.2. The zero-order chi connectivity index (χ0) is 19.5. The number of aliphatic hydroxyl groups is 1. The fourth-order valence-electron chi connectivity index (χ4n) is 3.12. The quantitative estimate of drug-likeness (QED) is 0.682. The van der Waals surface area contributed by atoms with Crippen molar-refractivity contribution >= 4 is 38.9 Å². The third-order valence-corrected chi connectivity index (χ3v) is 5.54. The fourth-order valence-corrected chi connectivity index (χ4v) is 3.76. The SMILES string of the molecule is Cc1nc2nsc(N=Nc3ccc(N4CCN(CO)CC4)cc3)c2cc1C#N. The summed E-state index contributed by atoms with van der Waals surface area (Å²) in [5, 5.41) is 28.4. The van der Waals surface area contributed by atoms with Gasteiger partial charge in [0.15, 0.2) is 10.6 Å². The largest absolute Gasteiger partial charge is 0.381 e. The van der Waals surface area contributed by atoms with E-state index < -0.39 is 0 Å². The summed E-state index contributed by atoms with van der Waals surface area (Å²) in [6, 6.07) is 11.8. The average molecular weight is 393 g/mol. The summed E-state index contributed by atoms with van der Waals surface area (Å²) in [4.78, 5) is 8.66. The lowest BCUT2D eigenvalue weighted by Gasteiger charge is -2.35. The molecular weight excluding hydrogens is 374 g/mol. The first kappa shape index (κ1) is 18.4. The number of fused-ring (bicyclic) bond motifs is 1. The minimum Gasteiger partial charge on any atom is -0.381 e. The topological polar surface area (TPSA) is 101 Å². The second kappa shape index (κ2) is 7.98. The summed E-state index contributed by atoms with van der Waals surface area (Å²) >= 11 is 1.22. The molecule has 1 saturated heterocycles. The van der Waals surface area contributed by atoms with Crippen molar-refractivity contribution in [1.29, 1.82) is 5.26 Å². The monoisotopic (exact) mass is 393 g/mol. The van der Waals surface area contributed by atoms with Crippen LogP contribution in [-0.4, -0.2) is 52.3 Å². The van der Waals surface area contributed by atoms with Crippen molar-refractivity contribution in [2.45, 2.75) is 6.92 Å². The molecule has 0 aliphatic carbocycles. The van der Waals surface area contributed by atoms with Gasteiger partial charge in [-0.3, -0.25) is 4.90 Å². The molecule has 8 nitrogen and oxygen atoms in total. The second-order valence-electron chi connectivity index (χ2n) is 6.55. The Morgan fingerprint density at radius 1 is 1.18 bits per heavy atom. The Bertz CT molecular complexity index is 1050. The number of pyridine rings is 1. The highest BCUT2D eigenvalue weighted by molar-refractivity contribution is 7.11. The molecular formula is C19H19N7OS. The zero-order valence-corrected chi connectivity index (χ0v) is 16.2. The molecule has 9 heteroatoms. The zero-order valence-electron chi connectivity index (χ0n) is 15.4. The molecule has 1 aromatic carbocycles. The average Bonchev–Trinajstić information content (AvgIpc) is 3.13. The van der Waals surface area contributed by atoms with Crippen molar-refractivity contribution in [2.24, 2.45) is 10.2 Å². The molecule has 0 radical (unpaired) electrons. The van der Waals surface area contributed by atoms with E-state index in [2.05, 4.69) is 30.6 Å². The molecule has 0 bridgehead atoms. The molecule has 0 saturated carbocycles. The number of anilines is 1. The Morgan fingerprint density at radius 2 is 1.93 bits per heavy atom. The molecule has 28 heavy (non-hydrogen) atoms. The highest BCUT2D eigenvalue weighted by atomic mass is 32.1. The normalized spacial score (nSPS) is 15.4. The van der Waals surface area contributed by atoms with Gasteiger partial charge >= 0.3 is 0 Å². The first-order valence-corrected chi connectivity index (χ1v) is 9.72. The molecule has 0 amide bonds. The van der Waals surface area contributed by atoms with Crippen molar-refractivity contribution in [1.82, 2.24) is 14.3 Å². The summed E-state index contributed by atoms with van der Waals surface area (Å²) in [5.41, 5.74) is 3.67. The van der Waals surface area contributed by atoms with Gasteiger partial charge in [-0.1, -0.05) is 0 Å². The first-order chi connectivity index (χ1) is 13.7. The summed E-state index contributed by atoms with van der Waals surface area (Å²) in [6.45, 7) is 5.40. The van der Waals surface area contributed by atoms with Gasteiger partial charge in [0.1, 0.15) is 6.07 Å². The van der Waals surface area contributed by atoms with E-state index in [-0.39, 0.29) is 6.73 Å². The van der Waals surface area contributed by atoms with E-state index >= 15 is 0 Å². The van der Waals surface area contributed by atoms with Crippen LogP contribution in [0.25, 0.3) is 11.0 Å². The van der Waals surface area contributed by atoms with Gasteiger partial charge in [0.2, 0.25) is 0 Å². The number of rotatable bonds is 4. The van der Waals surface area contributed by atoms with Crippen LogP contribution in [0.4, 0.5) is 16.4 Å². The molecule has 4 rings (SSSR count). The lowest BCUT2D eigenvalue weighted by molar-refractivity contribution is 0.102. The van der Waals surface area contributed by atoms with E-state index in [0.29, 0.717) is 21.9 Å². The Morgan fingerprint density at radius 3 is 2.61 bits per heavy atom. The third kappa shape index (κ3) is 3.71. The van der Waals surface area contributed by atoms with Gasteiger partial charge in [-0.05, 0) is 48.8 Å². The number of hydrogen-bond acceptors (Lipinski definition) is 9. The van der Waals surface area contributed by atoms with E-state index in [1.807, 2.05) is 29.2 Å². The maximum Gasteiger partial charge on any atom is 0.175 e. The van der Waals surface area contributed by atoms with Gasteiger partial charge in [0.05, 0.1) is 29.1 Å². The minimum atomic E-state index is 0.115. The van der Waals surface area contributed by atoms with Crippen LogP contribution >= 0.6 is 11.5 Å². The van der Waals surface area contributed by atoms with Gasteiger partial charge in [0, 0.05) is 31.9 Å². The fraction of sp³-hybridized carbons (Fsp3) is 0.316. The van der Waals surface area contributed by atoms with Crippen molar-refractivity contribution in [3.8, 4) is 6.07 Å². The summed E-state index contributed by atoms with van der Waals surface area (Å²) in [5.74, 6) is 0. The minimum absolute atomic E-state index is 0.115. The van der Waals surface area contributed by atoms with Gasteiger partial charge in [-0.15, -0.1) is 10.2 Å². The predicted molar refractivity (Wildman–Crippen MR) is 108 cm³/mol. The molecule has 1 aliphatic rings. The predicted octanol–water partition coefficient (Wildman–Crippen LogP) is 3.36. The number of piperazine rings is 1. The molecule has 1 fully saturated rings. The Kier molecular flexibility index (Phi) is 5.25. The van der Waals surface area contributed by atoms with Crippen LogP contribution < -0.4 is 4.90 Å². The standard InChI is InChI=1S/C19H19N7OS/c1-13-14(11-20)10-17-18(21-13)24-28-19(17)23-22-15-2-4-16(5-3-15)26-8-6-25(12-27)7-9-26/h2-5,10,27H,6-9,12H2,1H3. The number of azo groups is 1. The number of aryl methyl sites for hydroxylation is 1. The molecule has 3 aromatic rings. The molecule has 1 aliphatic heterocycles. The lowest BCUT2D eigenvalue weighted by Crippen LogP contribution is -2.46. The highest BCUT2D eigenvalue weighted by Gasteiger charge is 2.16. The molecule has 0 unspecified atom stereocenters. The van der Waals surface area contributed by atoms with Crippen LogP contribution in [0.1, 0.15) is 11.3 Å². The summed E-state index contributed by atoms with van der Waals surface area (Å²) in [7, 11) is 0. The van der Waals surface area contributed by atoms with Crippen molar-refractivity contribution in [3.05, 3.63) is 41.6 Å². The number of aromatic nitrogens is 2. The molecule has 0 atom stereocenters. The van der Waals surface area contributed by atoms with E-state index in [9.17, 15) is 10.4 Å². The maximum absolute atomic E-state index is 9.20. The van der Waals surface area contributed by atoms with Gasteiger partial charge in [-0.2, -0.15) is 9.64 Å². The number of aliphatic hydroxyl groups excluding tert-OH is 1. The van der Waals surface area contributed by atoms with Crippen molar-refractivity contribution in [2.75, 3.05) is 37.8 Å². The van der Waals surface area contributed by atoms with Crippen LogP contribution in [0.2, 0.25) is 0 Å². The van der Waals surface area contributed by atoms with Crippen molar-refractivity contribution < 1.29 is 5.11 Å². The number of nitriles is 1. The number of nitrogens with zero attached hydrogens (tertiary/aromatic N) is 7. The van der Waals surface area contributed by atoms with E-state index in [0.717, 1.165) is 42.9 Å². The van der Waals surface area contributed by atoms with E-state index in [1.54, 1.807) is 13.0 Å². The van der Waals surface area contributed by atoms with Gasteiger partial charge in [-0.25, -0.2) is 4.98 Å². The maximum atomic E-state index is 9.20. The molecule has 2 aromatic heterocycles. The van der Waals surface area contributed by atoms with Gasteiger partial charge in [0.25, 0.3) is 0 Å². The van der Waals surface area contributed by atoms with Crippen LogP contribution in [0.3, 0.4) is 0 Å². The first-order valence-electron chi connectivity index (χ1n) is 8.95. The summed E-state index contributed by atoms with van der Waals surface area (Å²) in [6.07, 6.45) is 0. The molecule has 1 N–H and O–H groups in total. The number of benzene rings is 1. The Balaban J connectivity index is 1.50. The molecule has 3 heterocycles.